The first-order valence-corrected chi connectivity index (χ1v) is 8.52. The second kappa shape index (κ2) is 5.49. The van der Waals surface area contributed by atoms with E-state index < -0.39 is 5.54 Å². The molecule has 3 aliphatic rings. The Bertz CT molecular complexity index is 672. The Hall–Kier alpha value is -1.59. The van der Waals surface area contributed by atoms with Gasteiger partial charge in [0.25, 0.3) is 5.91 Å². The second-order valence-corrected chi connectivity index (χ2v) is 6.95. The number of benzene rings is 1. The number of rotatable bonds is 3. The molecule has 0 unspecified atom stereocenters. The average molecular weight is 335 g/mol. The number of urea groups is 1. The lowest BCUT2D eigenvalue weighted by Gasteiger charge is -2.22. The molecule has 2 aliphatic heterocycles. The number of imide groups is 1. The van der Waals surface area contributed by atoms with Crippen LogP contribution in [0.1, 0.15) is 36.8 Å². The third-order valence-electron chi connectivity index (χ3n) is 5.17. The highest BCUT2D eigenvalue weighted by Gasteiger charge is 2.55. The summed E-state index contributed by atoms with van der Waals surface area (Å²) in [7, 11) is 0. The van der Waals surface area contributed by atoms with Gasteiger partial charge in [0.1, 0.15) is 5.54 Å². The van der Waals surface area contributed by atoms with E-state index in [2.05, 4.69) is 5.32 Å². The molecule has 1 spiro atoms. The van der Waals surface area contributed by atoms with Gasteiger partial charge in [-0.05, 0) is 55.4 Å². The molecule has 0 aromatic heterocycles. The summed E-state index contributed by atoms with van der Waals surface area (Å²) in [6.45, 7) is 1.20. The van der Waals surface area contributed by atoms with Gasteiger partial charge < -0.3 is 10.1 Å². The molecule has 0 saturated carbocycles. The molecule has 1 aromatic rings. The van der Waals surface area contributed by atoms with E-state index in [4.69, 9.17) is 16.3 Å². The zero-order valence-corrected chi connectivity index (χ0v) is 13.6. The first-order valence-electron chi connectivity index (χ1n) is 8.15. The van der Waals surface area contributed by atoms with E-state index in [0.29, 0.717) is 24.4 Å². The van der Waals surface area contributed by atoms with Crippen LogP contribution in [-0.2, 0) is 21.5 Å². The molecule has 0 bridgehead atoms. The first kappa shape index (κ1) is 15.0. The minimum absolute atomic E-state index is 0.137. The van der Waals surface area contributed by atoms with Crippen LogP contribution < -0.4 is 5.32 Å². The van der Waals surface area contributed by atoms with Crippen LogP contribution in [0, 0.1) is 0 Å². The summed E-state index contributed by atoms with van der Waals surface area (Å²) in [5.41, 5.74) is 1.04. The summed E-state index contributed by atoms with van der Waals surface area (Å²) in [6.07, 6.45) is 4.30. The van der Waals surface area contributed by atoms with Gasteiger partial charge in [-0.3, -0.25) is 9.69 Å². The van der Waals surface area contributed by atoms with E-state index >= 15 is 0 Å². The van der Waals surface area contributed by atoms with Gasteiger partial charge in [-0.2, -0.15) is 0 Å². The van der Waals surface area contributed by atoms with Crippen LogP contribution in [0.15, 0.2) is 18.2 Å². The van der Waals surface area contributed by atoms with Crippen molar-refractivity contribution in [1.82, 2.24) is 10.2 Å². The van der Waals surface area contributed by atoms with E-state index in [1.54, 1.807) is 6.07 Å². The van der Waals surface area contributed by atoms with Crippen LogP contribution in [0.3, 0.4) is 0 Å². The first-order chi connectivity index (χ1) is 11.1. The fourth-order valence-electron chi connectivity index (χ4n) is 3.97. The van der Waals surface area contributed by atoms with Crippen molar-refractivity contribution in [2.24, 2.45) is 0 Å². The zero-order valence-electron chi connectivity index (χ0n) is 12.8. The van der Waals surface area contributed by atoms with Crippen LogP contribution >= 0.6 is 11.6 Å². The summed E-state index contributed by atoms with van der Waals surface area (Å²) in [5, 5.41) is 3.59. The fraction of sp³-hybridized carbons (Fsp3) is 0.529. The maximum Gasteiger partial charge on any atom is 0.325 e. The Labute approximate surface area is 139 Å². The molecule has 0 radical (unpaired) electrons. The number of halogens is 1. The number of aryl methyl sites for hydroxylation is 1. The molecular formula is C17H19ClN2O3. The maximum atomic E-state index is 13.0. The topological polar surface area (TPSA) is 58.6 Å². The summed E-state index contributed by atoms with van der Waals surface area (Å²) in [6, 6.07) is 5.24. The van der Waals surface area contributed by atoms with Crippen molar-refractivity contribution < 1.29 is 14.3 Å². The Morgan fingerprint density at radius 1 is 1.39 bits per heavy atom. The molecular weight excluding hydrogens is 316 g/mol. The summed E-state index contributed by atoms with van der Waals surface area (Å²) < 4.78 is 5.59. The van der Waals surface area contributed by atoms with Gasteiger partial charge in [-0.25, -0.2) is 4.79 Å². The van der Waals surface area contributed by atoms with E-state index in [9.17, 15) is 9.59 Å². The van der Waals surface area contributed by atoms with Crippen molar-refractivity contribution in [3.63, 3.8) is 0 Å². The fourth-order valence-corrected chi connectivity index (χ4v) is 4.16. The van der Waals surface area contributed by atoms with Crippen LogP contribution in [0.4, 0.5) is 4.79 Å². The van der Waals surface area contributed by atoms with Crippen molar-refractivity contribution >= 4 is 23.5 Å². The number of amides is 3. The van der Waals surface area contributed by atoms with Gasteiger partial charge in [-0.1, -0.05) is 17.7 Å². The molecule has 1 aromatic carbocycles. The molecule has 4 rings (SSSR count). The number of ether oxygens (including phenoxy) is 1. The lowest BCUT2D eigenvalue weighted by atomic mass is 9.92. The third-order valence-corrected chi connectivity index (χ3v) is 5.41. The Morgan fingerprint density at radius 3 is 3.04 bits per heavy atom. The van der Waals surface area contributed by atoms with Gasteiger partial charge in [-0.15, -0.1) is 0 Å². The summed E-state index contributed by atoms with van der Waals surface area (Å²) in [5.74, 6) is -0.137. The molecule has 5 nitrogen and oxygen atoms in total. The maximum absolute atomic E-state index is 13.0. The Morgan fingerprint density at radius 2 is 2.26 bits per heavy atom. The molecule has 2 saturated heterocycles. The Kier molecular flexibility index (Phi) is 3.58. The van der Waals surface area contributed by atoms with Crippen LogP contribution in [0.5, 0.6) is 0 Å². The minimum Gasteiger partial charge on any atom is -0.378 e. The van der Waals surface area contributed by atoms with Gasteiger partial charge >= 0.3 is 6.03 Å². The third kappa shape index (κ3) is 2.34. The van der Waals surface area contributed by atoms with Gasteiger partial charge in [0.05, 0.1) is 6.10 Å². The van der Waals surface area contributed by atoms with Crippen molar-refractivity contribution in [1.29, 1.82) is 0 Å². The highest BCUT2D eigenvalue weighted by Crippen LogP contribution is 2.42. The number of carbonyl (C=O) groups excluding carboxylic acids is 2. The SMILES string of the molecule is O=C1N[C@]2(CCc3cc(Cl)ccc32)C(=O)N1CC[C@H]1CCCO1. The monoisotopic (exact) mass is 334 g/mol. The number of nitrogens with one attached hydrogen (secondary N) is 1. The van der Waals surface area contributed by atoms with E-state index in [-0.39, 0.29) is 18.0 Å². The molecule has 2 fully saturated rings. The smallest absolute Gasteiger partial charge is 0.325 e. The van der Waals surface area contributed by atoms with Gasteiger partial charge in [0.15, 0.2) is 0 Å². The van der Waals surface area contributed by atoms with Crippen LogP contribution in [0.25, 0.3) is 0 Å². The van der Waals surface area contributed by atoms with Crippen molar-refractivity contribution in [2.45, 2.75) is 43.7 Å². The second-order valence-electron chi connectivity index (χ2n) is 6.52. The number of hydrogen-bond donors (Lipinski definition) is 1. The number of nitrogens with zero attached hydrogens (tertiary/aromatic N) is 1. The molecule has 2 heterocycles. The predicted octanol–water partition coefficient (Wildman–Crippen LogP) is 2.60. The normalized spacial score (nSPS) is 29.4. The lowest BCUT2D eigenvalue weighted by Crippen LogP contribution is -2.42. The standard InChI is InChI=1S/C17H19ClN2O3/c18-12-3-4-14-11(10-12)5-7-17(14)15(21)20(16(22)19-17)8-6-13-2-1-9-23-13/h3-4,10,13H,1-2,5-9H2,(H,19,22)/t13-,17+/m1/s1. The van der Waals surface area contributed by atoms with E-state index in [1.165, 1.54) is 4.90 Å². The summed E-state index contributed by atoms with van der Waals surface area (Å²) in [4.78, 5) is 26.7. The van der Waals surface area contributed by atoms with Crippen molar-refractivity contribution in [3.05, 3.63) is 34.3 Å². The largest absolute Gasteiger partial charge is 0.378 e. The highest BCUT2D eigenvalue weighted by atomic mass is 35.5. The van der Waals surface area contributed by atoms with E-state index in [0.717, 1.165) is 37.0 Å². The predicted molar refractivity (Wildman–Crippen MR) is 85.3 cm³/mol. The molecule has 23 heavy (non-hydrogen) atoms. The molecule has 122 valence electrons. The lowest BCUT2D eigenvalue weighted by molar-refractivity contribution is -0.131. The Balaban J connectivity index is 1.56. The molecule has 3 amide bonds. The number of fused-ring (bicyclic) bond motifs is 2. The van der Waals surface area contributed by atoms with Crippen molar-refractivity contribution in [3.8, 4) is 0 Å². The highest BCUT2D eigenvalue weighted by molar-refractivity contribution is 6.30. The van der Waals surface area contributed by atoms with Crippen LogP contribution in [-0.4, -0.2) is 36.1 Å². The molecule has 1 aliphatic carbocycles. The van der Waals surface area contributed by atoms with Crippen molar-refractivity contribution in [2.75, 3.05) is 13.2 Å². The number of carbonyl (C=O) groups is 2. The van der Waals surface area contributed by atoms with Gasteiger partial charge in [0, 0.05) is 18.2 Å². The van der Waals surface area contributed by atoms with Crippen LogP contribution in [0.2, 0.25) is 5.02 Å². The molecule has 6 heteroatoms. The molecule has 2 atom stereocenters. The quantitative estimate of drug-likeness (QED) is 0.864. The van der Waals surface area contributed by atoms with Gasteiger partial charge in [0.2, 0.25) is 0 Å². The minimum atomic E-state index is -0.895. The number of hydrogen-bond acceptors (Lipinski definition) is 3. The average Bonchev–Trinajstić information content (AvgIpc) is 3.20. The molecule has 1 N–H and O–H groups in total. The summed E-state index contributed by atoms with van der Waals surface area (Å²) >= 11 is 6.04. The zero-order chi connectivity index (χ0) is 16.0. The van der Waals surface area contributed by atoms with E-state index in [1.807, 2.05) is 12.1 Å².